The third-order valence-corrected chi connectivity index (χ3v) is 4.88. The molecule has 0 amide bonds. The Morgan fingerprint density at radius 3 is 2.63 bits per heavy atom. The van der Waals surface area contributed by atoms with Crippen molar-refractivity contribution < 1.29 is 0 Å². The zero-order valence-corrected chi connectivity index (χ0v) is 16.9. The summed E-state index contributed by atoms with van der Waals surface area (Å²) in [4.78, 5) is 21.7. The van der Waals surface area contributed by atoms with Crippen molar-refractivity contribution in [1.29, 1.82) is 0 Å². The smallest absolute Gasteiger partial charge is 0.259 e. The molecule has 0 saturated carbocycles. The summed E-state index contributed by atoms with van der Waals surface area (Å²) in [6, 6.07) is 7.82. The number of aromatic nitrogens is 3. The molecule has 2 heterocycles. The van der Waals surface area contributed by atoms with Crippen molar-refractivity contribution in [2.24, 2.45) is 0 Å². The summed E-state index contributed by atoms with van der Waals surface area (Å²) >= 11 is 6.25. The molecule has 3 rings (SSSR count). The standard InChI is InChI=1S/C20H24ClN5O/c1-11(2)26-16(9-14-8-6-7-12(3)17(14)19(26)27)13(4)24-18-15(21)10-23-20(22-5)25-18/h6-11,13H,1-5H3,(H2,22,23,24,25)/t13-/m0/s1. The van der Waals surface area contributed by atoms with Crippen molar-refractivity contribution in [2.45, 2.75) is 39.8 Å². The number of hydrogen-bond acceptors (Lipinski definition) is 5. The van der Waals surface area contributed by atoms with E-state index in [0.29, 0.717) is 16.8 Å². The van der Waals surface area contributed by atoms with Gasteiger partial charge in [-0.2, -0.15) is 4.98 Å². The molecule has 142 valence electrons. The topological polar surface area (TPSA) is 71.8 Å². The van der Waals surface area contributed by atoms with Gasteiger partial charge in [-0.15, -0.1) is 0 Å². The summed E-state index contributed by atoms with van der Waals surface area (Å²) in [6.45, 7) is 7.99. The average Bonchev–Trinajstić information content (AvgIpc) is 2.62. The van der Waals surface area contributed by atoms with E-state index in [1.807, 2.05) is 50.5 Å². The molecule has 27 heavy (non-hydrogen) atoms. The highest BCUT2D eigenvalue weighted by Gasteiger charge is 2.19. The van der Waals surface area contributed by atoms with Crippen LogP contribution in [-0.4, -0.2) is 21.6 Å². The minimum absolute atomic E-state index is 0.0222. The monoisotopic (exact) mass is 385 g/mol. The van der Waals surface area contributed by atoms with Crippen LogP contribution in [0.2, 0.25) is 5.02 Å². The predicted molar refractivity (Wildman–Crippen MR) is 112 cm³/mol. The molecule has 0 aliphatic heterocycles. The van der Waals surface area contributed by atoms with E-state index in [-0.39, 0.29) is 17.6 Å². The number of aryl methyl sites for hydroxylation is 1. The van der Waals surface area contributed by atoms with Gasteiger partial charge in [0.05, 0.1) is 17.6 Å². The van der Waals surface area contributed by atoms with Gasteiger partial charge in [-0.25, -0.2) is 4.98 Å². The van der Waals surface area contributed by atoms with E-state index in [4.69, 9.17) is 11.6 Å². The molecule has 2 aromatic heterocycles. The van der Waals surface area contributed by atoms with Gasteiger partial charge in [0.15, 0.2) is 5.82 Å². The molecule has 1 atom stereocenters. The summed E-state index contributed by atoms with van der Waals surface area (Å²) < 4.78 is 1.83. The zero-order chi connectivity index (χ0) is 19.7. The van der Waals surface area contributed by atoms with Gasteiger partial charge in [-0.05, 0) is 44.7 Å². The number of hydrogen-bond donors (Lipinski definition) is 2. The average molecular weight is 386 g/mol. The molecular weight excluding hydrogens is 362 g/mol. The van der Waals surface area contributed by atoms with E-state index >= 15 is 0 Å². The molecule has 0 unspecified atom stereocenters. The Balaban J connectivity index is 2.13. The van der Waals surface area contributed by atoms with Crippen LogP contribution >= 0.6 is 11.6 Å². The minimum atomic E-state index is -0.179. The number of halogens is 1. The molecular formula is C20H24ClN5O. The second-order valence-electron chi connectivity index (χ2n) is 6.88. The van der Waals surface area contributed by atoms with E-state index in [0.717, 1.165) is 22.0 Å². The van der Waals surface area contributed by atoms with Gasteiger partial charge in [-0.1, -0.05) is 29.8 Å². The maximum absolute atomic E-state index is 13.2. The number of fused-ring (bicyclic) bond motifs is 1. The molecule has 0 spiro atoms. The highest BCUT2D eigenvalue weighted by atomic mass is 35.5. The van der Waals surface area contributed by atoms with E-state index < -0.39 is 0 Å². The quantitative estimate of drug-likeness (QED) is 0.674. The van der Waals surface area contributed by atoms with Crippen LogP contribution in [0.1, 0.15) is 44.1 Å². The number of benzene rings is 1. The molecule has 1 aromatic carbocycles. The van der Waals surface area contributed by atoms with Crippen molar-refractivity contribution in [3.8, 4) is 0 Å². The van der Waals surface area contributed by atoms with Crippen LogP contribution in [-0.2, 0) is 0 Å². The molecule has 3 aromatic rings. The molecule has 2 N–H and O–H groups in total. The Morgan fingerprint density at radius 1 is 1.22 bits per heavy atom. The zero-order valence-electron chi connectivity index (χ0n) is 16.2. The summed E-state index contributed by atoms with van der Waals surface area (Å²) in [5.41, 5.74) is 1.89. The van der Waals surface area contributed by atoms with E-state index in [1.54, 1.807) is 13.2 Å². The van der Waals surface area contributed by atoms with Gasteiger partial charge in [0.1, 0.15) is 5.02 Å². The van der Waals surface area contributed by atoms with Gasteiger partial charge >= 0.3 is 0 Å². The minimum Gasteiger partial charge on any atom is -0.361 e. The largest absolute Gasteiger partial charge is 0.361 e. The second-order valence-corrected chi connectivity index (χ2v) is 7.29. The van der Waals surface area contributed by atoms with Crippen molar-refractivity contribution >= 4 is 34.1 Å². The van der Waals surface area contributed by atoms with Crippen molar-refractivity contribution in [3.63, 3.8) is 0 Å². The lowest BCUT2D eigenvalue weighted by Crippen LogP contribution is -2.28. The first-order chi connectivity index (χ1) is 12.8. The summed E-state index contributed by atoms with van der Waals surface area (Å²) in [5, 5.41) is 8.35. The van der Waals surface area contributed by atoms with Crippen LogP contribution < -0.4 is 16.2 Å². The maximum Gasteiger partial charge on any atom is 0.259 e. The van der Waals surface area contributed by atoms with Crippen LogP contribution in [0.15, 0.2) is 35.3 Å². The first-order valence-corrected chi connectivity index (χ1v) is 9.32. The molecule has 0 bridgehead atoms. The molecule has 6 nitrogen and oxygen atoms in total. The lowest BCUT2D eigenvalue weighted by molar-refractivity contribution is 0.541. The van der Waals surface area contributed by atoms with Crippen LogP contribution in [0.4, 0.5) is 11.8 Å². The number of nitrogens with one attached hydrogen (secondary N) is 2. The third-order valence-electron chi connectivity index (χ3n) is 4.60. The van der Waals surface area contributed by atoms with Gasteiger partial charge < -0.3 is 15.2 Å². The van der Waals surface area contributed by atoms with E-state index in [1.165, 1.54) is 0 Å². The Morgan fingerprint density at radius 2 is 1.96 bits per heavy atom. The van der Waals surface area contributed by atoms with Gasteiger partial charge in [0, 0.05) is 18.8 Å². The van der Waals surface area contributed by atoms with Crippen LogP contribution in [0, 0.1) is 6.92 Å². The Bertz CT molecular complexity index is 1040. The molecule has 0 fully saturated rings. The van der Waals surface area contributed by atoms with E-state index in [9.17, 15) is 4.79 Å². The lowest BCUT2D eigenvalue weighted by atomic mass is 10.0. The Labute approximate surface area is 163 Å². The first kappa shape index (κ1) is 19.2. The van der Waals surface area contributed by atoms with Gasteiger partial charge in [0.2, 0.25) is 5.95 Å². The third kappa shape index (κ3) is 3.62. The molecule has 0 saturated heterocycles. The fourth-order valence-electron chi connectivity index (χ4n) is 3.30. The normalized spacial score (nSPS) is 12.4. The number of rotatable bonds is 5. The Hall–Kier alpha value is -2.60. The highest BCUT2D eigenvalue weighted by Crippen LogP contribution is 2.27. The molecule has 7 heteroatoms. The predicted octanol–water partition coefficient (Wildman–Crippen LogP) is 4.55. The highest BCUT2D eigenvalue weighted by molar-refractivity contribution is 6.32. The Kier molecular flexibility index (Phi) is 5.37. The van der Waals surface area contributed by atoms with Crippen molar-refractivity contribution in [1.82, 2.24) is 14.5 Å². The number of nitrogens with zero attached hydrogens (tertiary/aromatic N) is 3. The first-order valence-electron chi connectivity index (χ1n) is 8.95. The molecule has 0 aliphatic rings. The fraction of sp³-hybridized carbons (Fsp3) is 0.350. The number of anilines is 2. The van der Waals surface area contributed by atoms with Crippen LogP contribution in [0.25, 0.3) is 10.8 Å². The molecule has 0 radical (unpaired) electrons. The van der Waals surface area contributed by atoms with E-state index in [2.05, 4.69) is 26.7 Å². The van der Waals surface area contributed by atoms with Gasteiger partial charge in [0.25, 0.3) is 5.56 Å². The fourth-order valence-corrected chi connectivity index (χ4v) is 3.45. The summed E-state index contributed by atoms with van der Waals surface area (Å²) in [7, 11) is 1.75. The van der Waals surface area contributed by atoms with Crippen molar-refractivity contribution in [3.05, 3.63) is 57.1 Å². The summed E-state index contributed by atoms with van der Waals surface area (Å²) in [5.74, 6) is 1.00. The van der Waals surface area contributed by atoms with Gasteiger partial charge in [-0.3, -0.25) is 4.79 Å². The number of pyridine rings is 1. The van der Waals surface area contributed by atoms with Crippen LogP contribution in [0.3, 0.4) is 0 Å². The summed E-state index contributed by atoms with van der Waals surface area (Å²) in [6.07, 6.45) is 1.55. The molecule has 0 aliphatic carbocycles. The van der Waals surface area contributed by atoms with Crippen LogP contribution in [0.5, 0.6) is 0 Å². The van der Waals surface area contributed by atoms with Crippen molar-refractivity contribution in [2.75, 3.05) is 17.7 Å². The maximum atomic E-state index is 13.2. The lowest BCUT2D eigenvalue weighted by Gasteiger charge is -2.24. The SMILES string of the molecule is CNc1ncc(Cl)c(N[C@@H](C)c2cc3cccc(C)c3c(=O)n2C(C)C)n1. The second kappa shape index (κ2) is 7.56.